The smallest absolute Gasteiger partial charge is 0.146 e. The van der Waals surface area contributed by atoms with E-state index in [1.54, 1.807) is 6.07 Å². The molecule has 0 bridgehead atoms. The molecule has 0 aromatic heterocycles. The van der Waals surface area contributed by atoms with Crippen molar-refractivity contribution in [2.45, 2.75) is 46.6 Å². The van der Waals surface area contributed by atoms with Gasteiger partial charge in [0.2, 0.25) is 0 Å². The first-order valence-corrected chi connectivity index (χ1v) is 7.59. The number of anilines is 1. The number of nitrogens with two attached hydrogens (primary N) is 1. The SMILES string of the molecule is CC(N)c1cccc(F)c1N1CCC(C(C)(C)C)CC1. The highest BCUT2D eigenvalue weighted by Crippen LogP contribution is 2.37. The monoisotopic (exact) mass is 278 g/mol. The lowest BCUT2D eigenvalue weighted by Gasteiger charge is -2.40. The topological polar surface area (TPSA) is 29.3 Å². The van der Waals surface area contributed by atoms with E-state index >= 15 is 0 Å². The van der Waals surface area contributed by atoms with Crippen molar-refractivity contribution in [1.82, 2.24) is 0 Å². The molecule has 1 saturated heterocycles. The first-order valence-electron chi connectivity index (χ1n) is 7.59. The summed E-state index contributed by atoms with van der Waals surface area (Å²) in [5, 5.41) is 0. The van der Waals surface area contributed by atoms with Gasteiger partial charge < -0.3 is 10.6 Å². The van der Waals surface area contributed by atoms with Gasteiger partial charge in [0.1, 0.15) is 5.82 Å². The molecule has 3 heteroatoms. The fourth-order valence-corrected chi connectivity index (χ4v) is 3.20. The molecule has 0 radical (unpaired) electrons. The lowest BCUT2D eigenvalue weighted by Crippen LogP contribution is -2.39. The van der Waals surface area contributed by atoms with Crippen molar-refractivity contribution >= 4 is 5.69 Å². The largest absolute Gasteiger partial charge is 0.369 e. The average Bonchev–Trinajstić information content (AvgIpc) is 2.37. The van der Waals surface area contributed by atoms with Gasteiger partial charge in [-0.25, -0.2) is 4.39 Å². The first-order chi connectivity index (χ1) is 9.30. The van der Waals surface area contributed by atoms with E-state index < -0.39 is 0 Å². The fourth-order valence-electron chi connectivity index (χ4n) is 3.20. The molecule has 1 aromatic rings. The second-order valence-electron chi connectivity index (χ2n) is 7.09. The van der Waals surface area contributed by atoms with Crippen LogP contribution in [0.4, 0.5) is 10.1 Å². The van der Waals surface area contributed by atoms with Crippen LogP contribution < -0.4 is 10.6 Å². The standard InChI is InChI=1S/C17H27FN2/c1-12(19)14-6-5-7-15(18)16(14)20-10-8-13(9-11-20)17(2,3)4/h5-7,12-13H,8-11,19H2,1-4H3. The quantitative estimate of drug-likeness (QED) is 0.882. The summed E-state index contributed by atoms with van der Waals surface area (Å²) >= 11 is 0. The Balaban J connectivity index is 2.19. The second-order valence-corrected chi connectivity index (χ2v) is 7.09. The van der Waals surface area contributed by atoms with Gasteiger partial charge in [0.05, 0.1) is 5.69 Å². The number of nitrogens with zero attached hydrogens (tertiary/aromatic N) is 1. The number of halogens is 1. The minimum atomic E-state index is -0.144. The summed E-state index contributed by atoms with van der Waals surface area (Å²) in [5.41, 5.74) is 7.97. The van der Waals surface area contributed by atoms with Crippen LogP contribution in [0.3, 0.4) is 0 Å². The van der Waals surface area contributed by atoms with Crippen molar-refractivity contribution < 1.29 is 4.39 Å². The van der Waals surface area contributed by atoms with Gasteiger partial charge in [0.15, 0.2) is 0 Å². The molecule has 2 N–H and O–H groups in total. The van der Waals surface area contributed by atoms with Gasteiger partial charge in [0.25, 0.3) is 0 Å². The van der Waals surface area contributed by atoms with Crippen molar-refractivity contribution in [1.29, 1.82) is 0 Å². The predicted molar refractivity (Wildman–Crippen MR) is 83.4 cm³/mol. The fraction of sp³-hybridized carbons (Fsp3) is 0.647. The van der Waals surface area contributed by atoms with Gasteiger partial charge in [-0.05, 0) is 42.7 Å². The summed E-state index contributed by atoms with van der Waals surface area (Å²) in [6.07, 6.45) is 2.24. The zero-order valence-electron chi connectivity index (χ0n) is 13.1. The number of benzene rings is 1. The van der Waals surface area contributed by atoms with Crippen molar-refractivity contribution in [2.24, 2.45) is 17.1 Å². The zero-order valence-corrected chi connectivity index (χ0v) is 13.1. The molecule has 112 valence electrons. The van der Waals surface area contributed by atoms with Crippen LogP contribution in [-0.2, 0) is 0 Å². The third kappa shape index (κ3) is 3.14. The highest BCUT2D eigenvalue weighted by atomic mass is 19.1. The molecule has 2 rings (SSSR count). The van der Waals surface area contributed by atoms with E-state index in [4.69, 9.17) is 5.73 Å². The molecule has 1 aliphatic rings. The Bertz CT molecular complexity index is 455. The van der Waals surface area contributed by atoms with Crippen LogP contribution in [0, 0.1) is 17.2 Å². The number of para-hydroxylation sites is 1. The van der Waals surface area contributed by atoms with Crippen molar-refractivity contribution in [3.05, 3.63) is 29.6 Å². The van der Waals surface area contributed by atoms with Gasteiger partial charge in [-0.1, -0.05) is 32.9 Å². The zero-order chi connectivity index (χ0) is 14.9. The van der Waals surface area contributed by atoms with E-state index in [-0.39, 0.29) is 11.9 Å². The van der Waals surface area contributed by atoms with Crippen LogP contribution in [-0.4, -0.2) is 13.1 Å². The summed E-state index contributed by atoms with van der Waals surface area (Å²) in [6, 6.07) is 5.09. The molecule has 0 aliphatic carbocycles. The third-order valence-corrected chi connectivity index (χ3v) is 4.54. The summed E-state index contributed by atoms with van der Waals surface area (Å²) < 4.78 is 14.2. The highest BCUT2D eigenvalue weighted by molar-refractivity contribution is 5.56. The average molecular weight is 278 g/mol. The number of hydrogen-bond acceptors (Lipinski definition) is 2. The molecule has 1 aliphatic heterocycles. The van der Waals surface area contributed by atoms with Crippen molar-refractivity contribution in [3.63, 3.8) is 0 Å². The molecule has 0 amide bonds. The van der Waals surface area contributed by atoms with Crippen LogP contribution in [0.1, 0.15) is 52.1 Å². The van der Waals surface area contributed by atoms with Crippen LogP contribution >= 0.6 is 0 Å². The molecule has 1 aromatic carbocycles. The van der Waals surface area contributed by atoms with Crippen molar-refractivity contribution in [3.8, 4) is 0 Å². The minimum absolute atomic E-state index is 0.138. The first kappa shape index (κ1) is 15.3. The maximum atomic E-state index is 14.2. The Morgan fingerprint density at radius 1 is 1.25 bits per heavy atom. The van der Waals surface area contributed by atoms with Crippen LogP contribution in [0.15, 0.2) is 18.2 Å². The van der Waals surface area contributed by atoms with E-state index in [0.717, 1.165) is 37.2 Å². The van der Waals surface area contributed by atoms with Gasteiger partial charge in [0, 0.05) is 19.1 Å². The molecule has 1 unspecified atom stereocenters. The van der Waals surface area contributed by atoms with Gasteiger partial charge in [-0.15, -0.1) is 0 Å². The van der Waals surface area contributed by atoms with E-state index in [2.05, 4.69) is 25.7 Å². The lowest BCUT2D eigenvalue weighted by atomic mass is 9.75. The Kier molecular flexibility index (Phi) is 4.38. The van der Waals surface area contributed by atoms with Gasteiger partial charge in [-0.2, -0.15) is 0 Å². The number of rotatable bonds is 2. The summed E-state index contributed by atoms with van der Waals surface area (Å²) in [7, 11) is 0. The summed E-state index contributed by atoms with van der Waals surface area (Å²) in [6.45, 7) is 10.6. The Morgan fingerprint density at radius 2 is 1.85 bits per heavy atom. The highest BCUT2D eigenvalue weighted by Gasteiger charge is 2.30. The molecule has 20 heavy (non-hydrogen) atoms. The molecular formula is C17H27FN2. The molecule has 1 heterocycles. The van der Waals surface area contributed by atoms with Gasteiger partial charge >= 0.3 is 0 Å². The van der Waals surface area contributed by atoms with Gasteiger partial charge in [-0.3, -0.25) is 0 Å². The Labute approximate surface area is 122 Å². The van der Waals surface area contributed by atoms with Crippen LogP contribution in [0.25, 0.3) is 0 Å². The number of hydrogen-bond donors (Lipinski definition) is 1. The Hall–Kier alpha value is -1.09. The van der Waals surface area contributed by atoms with E-state index in [1.165, 1.54) is 6.07 Å². The molecule has 2 nitrogen and oxygen atoms in total. The lowest BCUT2D eigenvalue weighted by molar-refractivity contribution is 0.198. The third-order valence-electron chi connectivity index (χ3n) is 4.54. The van der Waals surface area contributed by atoms with Crippen molar-refractivity contribution in [2.75, 3.05) is 18.0 Å². The second kappa shape index (κ2) is 5.72. The normalized spacial score (nSPS) is 19.2. The molecular weight excluding hydrogens is 251 g/mol. The molecule has 0 saturated carbocycles. The minimum Gasteiger partial charge on any atom is -0.369 e. The van der Waals surface area contributed by atoms with E-state index in [1.807, 2.05) is 13.0 Å². The summed E-state index contributed by atoms with van der Waals surface area (Å²) in [4.78, 5) is 2.18. The van der Waals surface area contributed by atoms with Crippen LogP contribution in [0.5, 0.6) is 0 Å². The summed E-state index contributed by atoms with van der Waals surface area (Å²) in [5.74, 6) is 0.568. The molecule has 1 atom stereocenters. The molecule has 1 fully saturated rings. The maximum absolute atomic E-state index is 14.2. The predicted octanol–water partition coefficient (Wildman–Crippen LogP) is 4.11. The molecule has 0 spiro atoms. The van der Waals surface area contributed by atoms with Crippen LogP contribution in [0.2, 0.25) is 0 Å². The Morgan fingerprint density at radius 3 is 2.35 bits per heavy atom. The van der Waals surface area contributed by atoms with E-state index in [9.17, 15) is 4.39 Å². The van der Waals surface area contributed by atoms with E-state index in [0.29, 0.717) is 11.3 Å². The number of piperidine rings is 1. The maximum Gasteiger partial charge on any atom is 0.146 e.